The van der Waals surface area contributed by atoms with Gasteiger partial charge in [-0.3, -0.25) is 9.59 Å². The Morgan fingerprint density at radius 2 is 1.74 bits per heavy atom. The summed E-state index contributed by atoms with van der Waals surface area (Å²) in [6, 6.07) is 13.4. The molecule has 1 amide bonds. The summed E-state index contributed by atoms with van der Waals surface area (Å²) in [5.74, 6) is -1.42. The maximum Gasteiger partial charge on any atom is 0.295 e. The Balaban J connectivity index is 2.14. The largest absolute Gasteiger partial charge is 0.507 e. The quantitative estimate of drug-likeness (QED) is 0.382. The van der Waals surface area contributed by atoms with Crippen LogP contribution in [-0.2, 0) is 9.59 Å². The molecule has 1 N–H and O–H groups in total. The first-order valence-electron chi connectivity index (χ1n) is 8.74. The number of halogens is 2. The van der Waals surface area contributed by atoms with E-state index in [0.717, 1.165) is 22.9 Å². The van der Waals surface area contributed by atoms with Crippen molar-refractivity contribution in [3.8, 4) is 0 Å². The van der Waals surface area contributed by atoms with Crippen LogP contribution in [0.1, 0.15) is 36.9 Å². The topological polar surface area (TPSA) is 57.6 Å². The molecule has 2 aromatic rings. The lowest BCUT2D eigenvalue weighted by atomic mass is 9.95. The van der Waals surface area contributed by atoms with Crippen LogP contribution in [0.5, 0.6) is 0 Å². The maximum absolute atomic E-state index is 12.8. The molecule has 0 aromatic heterocycles. The minimum atomic E-state index is -0.661. The molecular weight excluding hydrogens is 430 g/mol. The van der Waals surface area contributed by atoms with E-state index in [1.807, 2.05) is 31.2 Å². The van der Waals surface area contributed by atoms with Crippen molar-refractivity contribution in [3.63, 3.8) is 0 Å². The molecule has 4 nitrogen and oxygen atoms in total. The van der Waals surface area contributed by atoms with E-state index in [1.54, 1.807) is 29.2 Å². The van der Waals surface area contributed by atoms with Crippen LogP contribution in [0.4, 0.5) is 0 Å². The summed E-state index contributed by atoms with van der Waals surface area (Å²) in [4.78, 5) is 27.0. The molecule has 27 heavy (non-hydrogen) atoms. The van der Waals surface area contributed by atoms with Crippen molar-refractivity contribution < 1.29 is 14.7 Å². The number of unbranched alkanes of at least 4 members (excludes halogenated alkanes) is 1. The minimum Gasteiger partial charge on any atom is -0.507 e. The molecule has 1 heterocycles. The van der Waals surface area contributed by atoms with Crippen molar-refractivity contribution in [3.05, 3.63) is 74.7 Å². The van der Waals surface area contributed by atoms with Gasteiger partial charge in [-0.25, -0.2) is 0 Å². The van der Waals surface area contributed by atoms with Gasteiger partial charge in [0, 0.05) is 21.6 Å². The Kier molecular flexibility index (Phi) is 6.02. The van der Waals surface area contributed by atoms with Crippen LogP contribution in [0.15, 0.2) is 58.6 Å². The minimum absolute atomic E-state index is 0.112. The van der Waals surface area contributed by atoms with Gasteiger partial charge in [0.25, 0.3) is 11.7 Å². The molecule has 0 unspecified atom stereocenters. The summed E-state index contributed by atoms with van der Waals surface area (Å²) in [5.41, 5.74) is 1.35. The van der Waals surface area contributed by atoms with Crippen LogP contribution in [0.3, 0.4) is 0 Å². The molecular formula is C21H19BrClNO3. The van der Waals surface area contributed by atoms with Gasteiger partial charge in [0.1, 0.15) is 5.76 Å². The number of likely N-dealkylation sites (tertiary alicyclic amines) is 1. The highest BCUT2D eigenvalue weighted by atomic mass is 79.9. The Bertz CT molecular complexity index is 891. The second kappa shape index (κ2) is 8.28. The number of Topliss-reactive ketones (excluding diaryl/α,β-unsaturated/α-hetero) is 1. The van der Waals surface area contributed by atoms with Crippen molar-refractivity contribution in [1.82, 2.24) is 4.90 Å². The molecule has 1 aliphatic heterocycles. The molecule has 140 valence electrons. The monoisotopic (exact) mass is 447 g/mol. The van der Waals surface area contributed by atoms with Gasteiger partial charge >= 0.3 is 0 Å². The Morgan fingerprint density at radius 1 is 1.11 bits per heavy atom. The van der Waals surface area contributed by atoms with E-state index in [1.165, 1.54) is 0 Å². The fourth-order valence-electron chi connectivity index (χ4n) is 3.19. The zero-order chi connectivity index (χ0) is 19.6. The number of carbonyl (C=O) groups excluding carboxylic acids is 2. The number of aliphatic hydroxyl groups excluding tert-OH is 1. The van der Waals surface area contributed by atoms with Gasteiger partial charge in [-0.2, -0.15) is 0 Å². The number of amides is 1. The van der Waals surface area contributed by atoms with E-state index in [4.69, 9.17) is 11.6 Å². The van der Waals surface area contributed by atoms with E-state index >= 15 is 0 Å². The predicted octanol–water partition coefficient (Wildman–Crippen LogP) is 5.32. The third-order valence-corrected chi connectivity index (χ3v) is 5.38. The molecule has 1 atom stereocenters. The Labute approximate surface area is 171 Å². The smallest absolute Gasteiger partial charge is 0.295 e. The van der Waals surface area contributed by atoms with Gasteiger partial charge in [-0.15, -0.1) is 0 Å². The van der Waals surface area contributed by atoms with E-state index < -0.39 is 17.7 Å². The molecule has 0 spiro atoms. The molecule has 1 saturated heterocycles. The summed E-state index contributed by atoms with van der Waals surface area (Å²) in [6.07, 6.45) is 1.67. The van der Waals surface area contributed by atoms with Crippen molar-refractivity contribution in [2.75, 3.05) is 6.54 Å². The second-order valence-electron chi connectivity index (χ2n) is 6.40. The average Bonchev–Trinajstić information content (AvgIpc) is 2.91. The van der Waals surface area contributed by atoms with E-state index in [0.29, 0.717) is 17.1 Å². The second-order valence-corrected chi connectivity index (χ2v) is 7.76. The van der Waals surface area contributed by atoms with Gasteiger partial charge < -0.3 is 10.0 Å². The first-order valence-corrected chi connectivity index (χ1v) is 9.91. The number of carbonyl (C=O) groups is 2. The standard InChI is InChI=1S/C21H19BrClNO3/c1-2-3-12-24-18(13-4-8-15(22)9-5-13)17(20(26)21(24)27)19(25)14-6-10-16(23)11-7-14/h4-11,18,25H,2-3,12H2,1H3/b19-17+/t18-/m1/s1. The predicted molar refractivity (Wildman–Crippen MR) is 110 cm³/mol. The van der Waals surface area contributed by atoms with Crippen molar-refractivity contribution in [1.29, 1.82) is 0 Å². The molecule has 0 bridgehead atoms. The number of rotatable bonds is 5. The summed E-state index contributed by atoms with van der Waals surface area (Å²) in [5, 5.41) is 11.4. The fraction of sp³-hybridized carbons (Fsp3) is 0.238. The van der Waals surface area contributed by atoms with Crippen LogP contribution in [0.2, 0.25) is 5.02 Å². The lowest BCUT2D eigenvalue weighted by Gasteiger charge is -2.25. The van der Waals surface area contributed by atoms with Crippen LogP contribution < -0.4 is 0 Å². The maximum atomic E-state index is 12.8. The molecule has 0 aliphatic carbocycles. The molecule has 1 aliphatic rings. The molecule has 0 saturated carbocycles. The fourth-order valence-corrected chi connectivity index (χ4v) is 3.58. The SMILES string of the molecule is CCCCN1C(=O)C(=O)/C(=C(/O)c2ccc(Cl)cc2)[C@H]1c1ccc(Br)cc1. The van der Waals surface area contributed by atoms with E-state index in [9.17, 15) is 14.7 Å². The normalized spacial score (nSPS) is 18.9. The van der Waals surface area contributed by atoms with Crippen molar-refractivity contribution >= 4 is 45.0 Å². The summed E-state index contributed by atoms with van der Waals surface area (Å²) in [6.45, 7) is 2.48. The first kappa shape index (κ1) is 19.6. The van der Waals surface area contributed by atoms with Gasteiger partial charge in [0.15, 0.2) is 0 Å². The van der Waals surface area contributed by atoms with Gasteiger partial charge in [0.2, 0.25) is 0 Å². The number of hydrogen-bond donors (Lipinski definition) is 1. The van der Waals surface area contributed by atoms with Crippen LogP contribution >= 0.6 is 27.5 Å². The number of benzene rings is 2. The van der Waals surface area contributed by atoms with Gasteiger partial charge in [-0.1, -0.05) is 53.0 Å². The molecule has 1 fully saturated rings. The van der Waals surface area contributed by atoms with E-state index in [2.05, 4.69) is 15.9 Å². The van der Waals surface area contributed by atoms with Crippen molar-refractivity contribution in [2.24, 2.45) is 0 Å². The Hall–Kier alpha value is -2.11. The highest BCUT2D eigenvalue weighted by Gasteiger charge is 2.45. The van der Waals surface area contributed by atoms with E-state index in [-0.39, 0.29) is 11.3 Å². The number of aliphatic hydroxyl groups is 1. The Morgan fingerprint density at radius 3 is 2.33 bits per heavy atom. The number of ketones is 1. The average molecular weight is 449 g/mol. The third kappa shape index (κ3) is 3.94. The van der Waals surface area contributed by atoms with Gasteiger partial charge in [-0.05, 0) is 48.4 Å². The highest BCUT2D eigenvalue weighted by molar-refractivity contribution is 9.10. The molecule has 6 heteroatoms. The lowest BCUT2D eigenvalue weighted by molar-refractivity contribution is -0.139. The first-order chi connectivity index (χ1) is 12.9. The summed E-state index contributed by atoms with van der Waals surface area (Å²) in [7, 11) is 0. The molecule has 3 rings (SSSR count). The third-order valence-electron chi connectivity index (χ3n) is 4.60. The highest BCUT2D eigenvalue weighted by Crippen LogP contribution is 2.39. The zero-order valence-corrected chi connectivity index (χ0v) is 17.1. The summed E-state index contributed by atoms with van der Waals surface area (Å²) >= 11 is 9.32. The van der Waals surface area contributed by atoms with Crippen LogP contribution in [-0.4, -0.2) is 28.2 Å². The van der Waals surface area contributed by atoms with Crippen LogP contribution in [0, 0.1) is 0 Å². The molecule has 2 aromatic carbocycles. The summed E-state index contributed by atoms with van der Waals surface area (Å²) < 4.78 is 0.898. The number of hydrogen-bond acceptors (Lipinski definition) is 3. The van der Waals surface area contributed by atoms with Crippen LogP contribution in [0.25, 0.3) is 5.76 Å². The molecule has 0 radical (unpaired) electrons. The van der Waals surface area contributed by atoms with Gasteiger partial charge in [0.05, 0.1) is 11.6 Å². The zero-order valence-electron chi connectivity index (χ0n) is 14.8. The number of nitrogens with zero attached hydrogens (tertiary/aromatic N) is 1. The van der Waals surface area contributed by atoms with Crippen molar-refractivity contribution in [2.45, 2.75) is 25.8 Å². The lowest BCUT2D eigenvalue weighted by Crippen LogP contribution is -2.30.